The van der Waals surface area contributed by atoms with Crippen LogP contribution < -0.4 is 0 Å². The van der Waals surface area contributed by atoms with Crippen LogP contribution in [0.25, 0.3) is 0 Å². The van der Waals surface area contributed by atoms with Crippen molar-refractivity contribution < 1.29 is 14.7 Å². The van der Waals surface area contributed by atoms with Gasteiger partial charge in [0.05, 0.1) is 12.8 Å². The normalized spacial score (nSPS) is 11.9. The molecule has 1 N–H and O–H groups in total. The van der Waals surface area contributed by atoms with Crippen molar-refractivity contribution in [2.75, 3.05) is 7.05 Å². The zero-order valence-electron chi connectivity index (χ0n) is 11.0. The summed E-state index contributed by atoms with van der Waals surface area (Å²) >= 11 is 0. The van der Waals surface area contributed by atoms with Gasteiger partial charge in [-0.25, -0.2) is 0 Å². The molecular weight excluding hydrogens is 230 g/mol. The summed E-state index contributed by atoms with van der Waals surface area (Å²) in [6.07, 6.45) is 0.276. The molecule has 4 heteroatoms. The van der Waals surface area contributed by atoms with Crippen molar-refractivity contribution in [3.05, 3.63) is 35.4 Å². The first-order valence-corrected chi connectivity index (χ1v) is 5.93. The summed E-state index contributed by atoms with van der Waals surface area (Å²) in [6.45, 7) is 3.72. The van der Waals surface area contributed by atoms with E-state index in [0.717, 1.165) is 11.1 Å². The maximum atomic E-state index is 12.0. The third kappa shape index (κ3) is 4.20. The summed E-state index contributed by atoms with van der Waals surface area (Å²) in [4.78, 5) is 24.1. The summed E-state index contributed by atoms with van der Waals surface area (Å²) in [7, 11) is 1.64. The lowest BCUT2D eigenvalue weighted by molar-refractivity contribution is -0.139. The highest BCUT2D eigenvalue weighted by Crippen LogP contribution is 2.08. The van der Waals surface area contributed by atoms with Crippen molar-refractivity contribution in [2.45, 2.75) is 32.7 Å². The SMILES string of the molecule is Cc1cccc(CC(=O)N(C)C(C)CC(=O)O)c1. The average Bonchev–Trinajstić information content (AvgIpc) is 2.27. The Morgan fingerprint density at radius 2 is 2.06 bits per heavy atom. The van der Waals surface area contributed by atoms with Gasteiger partial charge in [0.1, 0.15) is 0 Å². The molecule has 4 nitrogen and oxygen atoms in total. The number of amides is 1. The molecule has 18 heavy (non-hydrogen) atoms. The van der Waals surface area contributed by atoms with Crippen molar-refractivity contribution in [2.24, 2.45) is 0 Å². The molecule has 1 aromatic carbocycles. The molecule has 0 aromatic heterocycles. The first kappa shape index (κ1) is 14.2. The van der Waals surface area contributed by atoms with Gasteiger partial charge in [-0.2, -0.15) is 0 Å². The highest BCUT2D eigenvalue weighted by Gasteiger charge is 2.18. The van der Waals surface area contributed by atoms with Crippen LogP contribution in [0.5, 0.6) is 0 Å². The van der Waals surface area contributed by atoms with Crippen LogP contribution in [0.4, 0.5) is 0 Å². The predicted octanol–water partition coefficient (Wildman–Crippen LogP) is 1.86. The van der Waals surface area contributed by atoms with E-state index in [9.17, 15) is 9.59 Å². The number of likely N-dealkylation sites (N-methyl/N-ethyl adjacent to an activating group) is 1. The monoisotopic (exact) mass is 249 g/mol. The highest BCUT2D eigenvalue weighted by atomic mass is 16.4. The second-order valence-corrected chi connectivity index (χ2v) is 4.62. The van der Waals surface area contributed by atoms with Gasteiger partial charge < -0.3 is 10.0 Å². The summed E-state index contributed by atoms with van der Waals surface area (Å²) in [6, 6.07) is 7.47. The number of carbonyl (C=O) groups is 2. The molecule has 1 rings (SSSR count). The smallest absolute Gasteiger partial charge is 0.305 e. The lowest BCUT2D eigenvalue weighted by atomic mass is 10.1. The number of hydrogen-bond acceptors (Lipinski definition) is 2. The minimum atomic E-state index is -0.891. The molecule has 0 saturated heterocycles. The Bertz CT molecular complexity index is 442. The number of hydrogen-bond donors (Lipinski definition) is 1. The molecule has 1 unspecified atom stereocenters. The maximum absolute atomic E-state index is 12.0. The molecule has 0 bridgehead atoms. The zero-order chi connectivity index (χ0) is 13.7. The van der Waals surface area contributed by atoms with E-state index in [0.29, 0.717) is 6.42 Å². The number of benzene rings is 1. The summed E-state index contributed by atoms with van der Waals surface area (Å²) < 4.78 is 0. The molecule has 0 spiro atoms. The number of carboxylic acid groups (broad SMARTS) is 1. The zero-order valence-corrected chi connectivity index (χ0v) is 11.0. The number of carboxylic acids is 1. The van der Waals surface area contributed by atoms with Gasteiger partial charge in [-0.1, -0.05) is 29.8 Å². The first-order chi connectivity index (χ1) is 8.40. The Kier molecular flexibility index (Phi) is 4.89. The Balaban J connectivity index is 2.62. The fourth-order valence-corrected chi connectivity index (χ4v) is 1.76. The van der Waals surface area contributed by atoms with Crippen LogP contribution in [-0.4, -0.2) is 35.0 Å². The van der Waals surface area contributed by atoms with Gasteiger partial charge in [-0.15, -0.1) is 0 Å². The summed E-state index contributed by atoms with van der Waals surface area (Å²) in [5.74, 6) is -0.952. The van der Waals surface area contributed by atoms with Crippen molar-refractivity contribution in [3.8, 4) is 0 Å². The molecule has 98 valence electrons. The van der Waals surface area contributed by atoms with Gasteiger partial charge in [-0.3, -0.25) is 9.59 Å². The van der Waals surface area contributed by atoms with E-state index in [-0.39, 0.29) is 18.4 Å². The number of aryl methyl sites for hydroxylation is 1. The molecule has 1 aromatic rings. The van der Waals surface area contributed by atoms with E-state index < -0.39 is 5.97 Å². The van der Waals surface area contributed by atoms with E-state index in [4.69, 9.17) is 5.11 Å². The van der Waals surface area contributed by atoms with Crippen LogP contribution in [0.2, 0.25) is 0 Å². The highest BCUT2D eigenvalue weighted by molar-refractivity contribution is 5.79. The van der Waals surface area contributed by atoms with Gasteiger partial charge >= 0.3 is 5.97 Å². The van der Waals surface area contributed by atoms with Crippen molar-refractivity contribution in [1.29, 1.82) is 0 Å². The largest absolute Gasteiger partial charge is 0.481 e. The topological polar surface area (TPSA) is 57.6 Å². The maximum Gasteiger partial charge on any atom is 0.305 e. The minimum absolute atomic E-state index is 0.0317. The second kappa shape index (κ2) is 6.19. The van der Waals surface area contributed by atoms with E-state index in [2.05, 4.69) is 0 Å². The van der Waals surface area contributed by atoms with Gasteiger partial charge in [0.25, 0.3) is 0 Å². The van der Waals surface area contributed by atoms with E-state index in [1.807, 2.05) is 31.2 Å². The summed E-state index contributed by atoms with van der Waals surface area (Å²) in [5, 5.41) is 8.70. The molecule has 0 aliphatic heterocycles. The Morgan fingerprint density at radius 3 is 2.61 bits per heavy atom. The molecule has 0 radical (unpaired) electrons. The molecule has 0 aliphatic rings. The van der Waals surface area contributed by atoms with Crippen LogP contribution in [0.1, 0.15) is 24.5 Å². The Morgan fingerprint density at radius 1 is 1.39 bits per heavy atom. The molecule has 0 aliphatic carbocycles. The lowest BCUT2D eigenvalue weighted by Gasteiger charge is -2.23. The molecular formula is C14H19NO3. The van der Waals surface area contributed by atoms with Crippen LogP contribution >= 0.6 is 0 Å². The van der Waals surface area contributed by atoms with Crippen LogP contribution in [-0.2, 0) is 16.0 Å². The van der Waals surface area contributed by atoms with Crippen LogP contribution in [0.15, 0.2) is 24.3 Å². The second-order valence-electron chi connectivity index (χ2n) is 4.62. The Hall–Kier alpha value is -1.84. The molecule has 1 amide bonds. The van der Waals surface area contributed by atoms with Gasteiger partial charge in [-0.05, 0) is 19.4 Å². The van der Waals surface area contributed by atoms with Gasteiger partial charge in [0.15, 0.2) is 0 Å². The lowest BCUT2D eigenvalue weighted by Crippen LogP contribution is -2.37. The van der Waals surface area contributed by atoms with Gasteiger partial charge in [0.2, 0.25) is 5.91 Å². The third-order valence-corrected chi connectivity index (χ3v) is 2.96. The summed E-state index contributed by atoms with van der Waals surface area (Å²) in [5.41, 5.74) is 2.07. The van der Waals surface area contributed by atoms with Crippen molar-refractivity contribution in [1.82, 2.24) is 4.90 Å². The third-order valence-electron chi connectivity index (χ3n) is 2.96. The van der Waals surface area contributed by atoms with Gasteiger partial charge in [0, 0.05) is 13.1 Å². The number of rotatable bonds is 5. The predicted molar refractivity (Wildman–Crippen MR) is 69.4 cm³/mol. The fraction of sp³-hybridized carbons (Fsp3) is 0.429. The molecule has 1 atom stereocenters. The first-order valence-electron chi connectivity index (χ1n) is 5.93. The van der Waals surface area contributed by atoms with Crippen LogP contribution in [0.3, 0.4) is 0 Å². The molecule has 0 fully saturated rings. The minimum Gasteiger partial charge on any atom is -0.481 e. The van der Waals surface area contributed by atoms with E-state index >= 15 is 0 Å². The number of carbonyl (C=O) groups excluding carboxylic acids is 1. The number of nitrogens with zero attached hydrogens (tertiary/aromatic N) is 1. The van der Waals surface area contributed by atoms with Crippen molar-refractivity contribution in [3.63, 3.8) is 0 Å². The molecule has 0 heterocycles. The fourth-order valence-electron chi connectivity index (χ4n) is 1.76. The quantitative estimate of drug-likeness (QED) is 0.866. The van der Waals surface area contributed by atoms with E-state index in [1.54, 1.807) is 14.0 Å². The average molecular weight is 249 g/mol. The van der Waals surface area contributed by atoms with Crippen molar-refractivity contribution >= 4 is 11.9 Å². The van der Waals surface area contributed by atoms with Crippen LogP contribution in [0, 0.1) is 6.92 Å². The van der Waals surface area contributed by atoms with E-state index in [1.165, 1.54) is 4.90 Å². The Labute approximate surface area is 107 Å². The number of aliphatic carboxylic acids is 1. The standard InChI is InChI=1S/C14H19NO3/c1-10-5-4-6-12(7-10)9-13(16)15(3)11(2)8-14(17)18/h4-7,11H,8-9H2,1-3H3,(H,17,18). The molecule has 0 saturated carbocycles.